The van der Waals surface area contributed by atoms with Crippen molar-refractivity contribution in [3.63, 3.8) is 0 Å². The first-order valence-electron chi connectivity index (χ1n) is 24.0. The summed E-state index contributed by atoms with van der Waals surface area (Å²) in [6, 6.07) is 8.66. The summed E-state index contributed by atoms with van der Waals surface area (Å²) in [6.07, 6.45) is 3.15. The smallest absolute Gasteiger partial charge is 0.434 e. The standard InChI is InChI=1S/C48H66F3N9O6/c1-45-14-8-31-24-32(61)4-5-33(31)34(45)9-15-46(2)38(45)10-16-47(46,65)13-3-17-53-44(64)35-6-7-41(57-56-35)60-18-11-30(12-19-60)27-58-20-22-59(23-21-58)28-37-43(63)42(62)36(29-66-37)54-40-26-52-25-39(55-40)48(49,50)51/h4-7,24-26,30,34,36-38,42-43,61-63,65H,3,8-23,27-29H2,1-2H3,(H,53,64)(H,54,55)/t34-,36+,37-,38+,42-,43+,45-,46+,47+/m1/s1. The Morgan fingerprint density at radius 3 is 2.39 bits per heavy atom. The Morgan fingerprint density at radius 2 is 1.67 bits per heavy atom. The molecule has 360 valence electrons. The van der Waals surface area contributed by atoms with Crippen LogP contribution in [-0.4, -0.2) is 152 Å². The second-order valence-electron chi connectivity index (χ2n) is 20.6. The van der Waals surface area contributed by atoms with Gasteiger partial charge in [0, 0.05) is 58.9 Å². The number of aliphatic hydroxyl groups excluding tert-OH is 2. The Morgan fingerprint density at radius 1 is 0.909 bits per heavy atom. The predicted octanol–water partition coefficient (Wildman–Crippen LogP) is 4.61. The lowest BCUT2D eigenvalue weighted by Crippen LogP contribution is -2.59. The summed E-state index contributed by atoms with van der Waals surface area (Å²) < 4.78 is 45.1. The zero-order chi connectivity index (χ0) is 46.4. The van der Waals surface area contributed by atoms with E-state index in [-0.39, 0.29) is 34.9 Å². The first-order valence-corrected chi connectivity index (χ1v) is 24.0. The van der Waals surface area contributed by atoms with E-state index in [1.807, 2.05) is 18.2 Å². The molecule has 3 aromatic rings. The van der Waals surface area contributed by atoms with Crippen LogP contribution in [0.3, 0.4) is 0 Å². The van der Waals surface area contributed by atoms with Gasteiger partial charge in [-0.15, -0.1) is 10.2 Å². The van der Waals surface area contributed by atoms with Gasteiger partial charge in [0.25, 0.3) is 5.91 Å². The maximum Gasteiger partial charge on any atom is 0.434 e. The third-order valence-electron chi connectivity index (χ3n) is 16.8. The molecule has 6 aliphatic rings. The number of aryl methyl sites for hydroxylation is 1. The van der Waals surface area contributed by atoms with Crippen molar-refractivity contribution in [2.75, 3.05) is 75.7 Å². The van der Waals surface area contributed by atoms with Crippen LogP contribution in [0.2, 0.25) is 0 Å². The number of nitrogens with one attached hydrogen (secondary N) is 2. The van der Waals surface area contributed by atoms with Gasteiger partial charge in [0.05, 0.1) is 36.7 Å². The number of anilines is 2. The molecule has 6 N–H and O–H groups in total. The van der Waals surface area contributed by atoms with Crippen LogP contribution in [0, 0.1) is 22.7 Å². The summed E-state index contributed by atoms with van der Waals surface area (Å²) >= 11 is 0. The number of phenols is 1. The summed E-state index contributed by atoms with van der Waals surface area (Å²) in [5.41, 5.74) is 0.946. The van der Waals surface area contributed by atoms with Crippen molar-refractivity contribution in [2.24, 2.45) is 22.7 Å². The number of benzene rings is 1. The number of aromatic nitrogens is 4. The lowest BCUT2D eigenvalue weighted by Gasteiger charge is -2.59. The molecule has 0 radical (unpaired) electrons. The number of phenolic OH excluding ortho intramolecular Hbond substituents is 1. The third-order valence-corrected chi connectivity index (χ3v) is 16.8. The van der Waals surface area contributed by atoms with Gasteiger partial charge in [-0.3, -0.25) is 14.7 Å². The van der Waals surface area contributed by atoms with Gasteiger partial charge in [0.1, 0.15) is 23.8 Å². The topological polar surface area (TPSA) is 193 Å². The van der Waals surface area contributed by atoms with Crippen LogP contribution in [-0.2, 0) is 17.3 Å². The average Bonchev–Trinajstić information content (AvgIpc) is 3.58. The SMILES string of the molecule is C[C@@]12CCc3cc(O)ccc3[C@H]1CC[C@@]1(C)[C@H]2CC[C@@]1(O)CCCNC(=O)c1ccc(N2CCC(CN3CCN(C[C@H]4OC[C@H](Nc5cncc(C(F)(F)F)n5)[C@@H](O)[C@H]4O)CC3)CC2)nn1. The van der Waals surface area contributed by atoms with Crippen LogP contribution in [0.5, 0.6) is 5.75 Å². The highest BCUT2D eigenvalue weighted by atomic mass is 19.4. The fourth-order valence-electron chi connectivity index (χ4n) is 13.0. The number of aromatic hydroxyl groups is 1. The Labute approximate surface area is 384 Å². The van der Waals surface area contributed by atoms with Crippen molar-refractivity contribution in [2.45, 2.75) is 120 Å². The largest absolute Gasteiger partial charge is 0.508 e. The minimum atomic E-state index is -4.66. The Hall–Kier alpha value is -4.20. The first-order chi connectivity index (χ1) is 31.5. The van der Waals surface area contributed by atoms with Crippen LogP contribution in [0.1, 0.15) is 105 Å². The molecule has 1 aromatic carbocycles. The summed E-state index contributed by atoms with van der Waals surface area (Å²) in [6.45, 7) is 11.6. The van der Waals surface area contributed by atoms with Gasteiger partial charge < -0.3 is 45.6 Å². The van der Waals surface area contributed by atoms with Gasteiger partial charge in [-0.2, -0.15) is 13.2 Å². The summed E-state index contributed by atoms with van der Waals surface area (Å²) in [4.78, 5) is 27.1. The van der Waals surface area contributed by atoms with Gasteiger partial charge in [0.2, 0.25) is 0 Å². The zero-order valence-electron chi connectivity index (χ0n) is 38.1. The molecular weight excluding hydrogens is 856 g/mol. The molecule has 9 atom stereocenters. The normalized spacial score (nSPS) is 33.2. The van der Waals surface area contributed by atoms with Crippen LogP contribution in [0.15, 0.2) is 42.7 Å². The maximum atomic E-state index is 13.1. The number of hydrogen-bond acceptors (Lipinski definition) is 14. The van der Waals surface area contributed by atoms with E-state index in [1.54, 1.807) is 6.07 Å². The van der Waals surface area contributed by atoms with Crippen LogP contribution < -0.4 is 15.5 Å². The van der Waals surface area contributed by atoms with E-state index in [9.17, 15) is 38.4 Å². The minimum Gasteiger partial charge on any atom is -0.508 e. The quantitative estimate of drug-likeness (QED) is 0.138. The number of rotatable bonds is 12. The Kier molecular flexibility index (Phi) is 13.3. The van der Waals surface area contributed by atoms with E-state index in [1.165, 1.54) is 11.1 Å². The highest BCUT2D eigenvalue weighted by Crippen LogP contribution is 2.70. The van der Waals surface area contributed by atoms with E-state index in [0.29, 0.717) is 55.6 Å². The Balaban J connectivity index is 0.667. The summed E-state index contributed by atoms with van der Waals surface area (Å²) in [7, 11) is 0. The van der Waals surface area contributed by atoms with Crippen LogP contribution in [0.25, 0.3) is 0 Å². The number of fused-ring (bicyclic) bond motifs is 5. The molecule has 1 amide bonds. The van der Waals surface area contributed by atoms with Gasteiger partial charge in [-0.25, -0.2) is 4.98 Å². The number of carbonyl (C=O) groups excluding carboxylic acids is 1. The van der Waals surface area contributed by atoms with Crippen LogP contribution in [0.4, 0.5) is 24.8 Å². The molecule has 5 heterocycles. The zero-order valence-corrected chi connectivity index (χ0v) is 38.1. The predicted molar refractivity (Wildman–Crippen MR) is 240 cm³/mol. The molecule has 9 rings (SSSR count). The number of piperidine rings is 1. The average molecular weight is 922 g/mol. The third kappa shape index (κ3) is 9.34. The van der Waals surface area contributed by atoms with E-state index >= 15 is 0 Å². The van der Waals surface area contributed by atoms with Gasteiger partial charge >= 0.3 is 6.18 Å². The molecule has 18 heteroatoms. The van der Waals surface area contributed by atoms with Crippen molar-refractivity contribution in [1.82, 2.24) is 35.3 Å². The van der Waals surface area contributed by atoms with Gasteiger partial charge in [-0.1, -0.05) is 19.9 Å². The van der Waals surface area contributed by atoms with Gasteiger partial charge in [-0.05, 0) is 128 Å². The molecule has 2 saturated carbocycles. The number of halogens is 3. The lowest BCUT2D eigenvalue weighted by molar-refractivity contribution is -0.148. The van der Waals surface area contributed by atoms with E-state index in [2.05, 4.69) is 65.4 Å². The molecule has 5 fully saturated rings. The number of piperazine rings is 1. The highest BCUT2D eigenvalue weighted by Gasteiger charge is 2.65. The van der Waals surface area contributed by atoms with E-state index in [4.69, 9.17) is 4.74 Å². The van der Waals surface area contributed by atoms with Crippen molar-refractivity contribution in [1.29, 1.82) is 0 Å². The lowest BCUT2D eigenvalue weighted by atomic mass is 9.46. The fraction of sp³-hybridized carbons (Fsp3) is 0.688. The molecule has 0 unspecified atom stereocenters. The molecule has 2 aromatic heterocycles. The summed E-state index contributed by atoms with van der Waals surface area (Å²) in [5.74, 6) is 2.08. The van der Waals surface area contributed by atoms with Crippen molar-refractivity contribution < 1.29 is 43.1 Å². The number of carbonyl (C=O) groups is 1. The second-order valence-corrected chi connectivity index (χ2v) is 20.6. The molecular formula is C48H66F3N9O6. The monoisotopic (exact) mass is 922 g/mol. The number of alkyl halides is 3. The number of aliphatic hydroxyl groups is 3. The second kappa shape index (κ2) is 18.7. The minimum absolute atomic E-state index is 0.00971. The van der Waals surface area contributed by atoms with Crippen molar-refractivity contribution in [3.8, 4) is 5.75 Å². The maximum absolute atomic E-state index is 13.1. The Bertz CT molecular complexity index is 2180. The van der Waals surface area contributed by atoms with E-state index < -0.39 is 41.8 Å². The number of hydrogen-bond donors (Lipinski definition) is 6. The number of amides is 1. The van der Waals surface area contributed by atoms with E-state index in [0.717, 1.165) is 109 Å². The highest BCUT2D eigenvalue weighted by molar-refractivity contribution is 5.92. The molecule has 3 aliphatic heterocycles. The molecule has 15 nitrogen and oxygen atoms in total. The number of nitrogens with zero attached hydrogens (tertiary/aromatic N) is 7. The van der Waals surface area contributed by atoms with Crippen LogP contribution >= 0.6 is 0 Å². The van der Waals surface area contributed by atoms with Crippen molar-refractivity contribution in [3.05, 3.63) is 65.2 Å². The number of ether oxygens (including phenoxy) is 1. The molecule has 66 heavy (non-hydrogen) atoms. The first kappa shape index (κ1) is 46.9. The summed E-state index contributed by atoms with van der Waals surface area (Å²) in [5, 5.41) is 58.5. The molecule has 0 bridgehead atoms. The molecule has 0 spiro atoms. The molecule has 3 aliphatic carbocycles. The fourth-order valence-corrected chi connectivity index (χ4v) is 13.0. The van der Waals surface area contributed by atoms with Crippen molar-refractivity contribution >= 4 is 17.5 Å². The van der Waals surface area contributed by atoms with Gasteiger partial charge in [0.15, 0.2) is 17.2 Å². The molecule has 3 saturated heterocycles.